The first kappa shape index (κ1) is 24.8. The monoisotopic (exact) mass is 492 g/mol. The fourth-order valence-electron chi connectivity index (χ4n) is 4.38. The smallest absolute Gasteiger partial charge is 0.346 e. The third-order valence-corrected chi connectivity index (χ3v) is 8.05. The van der Waals surface area contributed by atoms with Crippen molar-refractivity contribution in [1.82, 2.24) is 9.29 Å². The molecule has 1 saturated carbocycles. The zero-order valence-electron chi connectivity index (χ0n) is 20.0. The van der Waals surface area contributed by atoms with Crippen LogP contribution in [0.5, 0.6) is 0 Å². The van der Waals surface area contributed by atoms with Crippen LogP contribution in [-0.2, 0) is 29.2 Å². The number of halogens is 3. The lowest BCUT2D eigenvalue weighted by Crippen LogP contribution is -2.30. The van der Waals surface area contributed by atoms with Gasteiger partial charge < -0.3 is 4.57 Å². The second-order valence-electron chi connectivity index (χ2n) is 10.5. The van der Waals surface area contributed by atoms with E-state index in [1.807, 2.05) is 22.9 Å². The predicted molar refractivity (Wildman–Crippen MR) is 130 cm³/mol. The number of hydrogen-bond acceptors (Lipinski definition) is 2. The molecule has 34 heavy (non-hydrogen) atoms. The molecule has 1 fully saturated rings. The van der Waals surface area contributed by atoms with Gasteiger partial charge in [-0.1, -0.05) is 44.5 Å². The fourth-order valence-corrected chi connectivity index (χ4v) is 5.75. The molecule has 8 heteroatoms. The SMILES string of the molecule is Cc1ccc(-c2ccc3c(c2)c(CC(C)(C)C)cn3CCNS(=O)(=O)C2CC2)c(C(F)(F)F)c1. The quantitative estimate of drug-likeness (QED) is 0.420. The second-order valence-corrected chi connectivity index (χ2v) is 12.5. The van der Waals surface area contributed by atoms with Crippen LogP contribution in [0.4, 0.5) is 13.2 Å². The highest BCUT2D eigenvalue weighted by Crippen LogP contribution is 2.39. The van der Waals surface area contributed by atoms with Gasteiger partial charge in [0.05, 0.1) is 10.8 Å². The zero-order chi connectivity index (χ0) is 24.9. The van der Waals surface area contributed by atoms with Gasteiger partial charge in [-0.05, 0) is 66.5 Å². The summed E-state index contributed by atoms with van der Waals surface area (Å²) >= 11 is 0. The Hall–Kier alpha value is -2.32. The molecule has 1 aromatic heterocycles. The summed E-state index contributed by atoms with van der Waals surface area (Å²) in [4.78, 5) is 0. The van der Waals surface area contributed by atoms with Gasteiger partial charge in [-0.3, -0.25) is 0 Å². The van der Waals surface area contributed by atoms with E-state index in [-0.39, 0.29) is 22.8 Å². The third kappa shape index (κ3) is 5.49. The Balaban J connectivity index is 1.73. The number of aryl methyl sites for hydroxylation is 1. The molecule has 0 spiro atoms. The van der Waals surface area contributed by atoms with Gasteiger partial charge >= 0.3 is 6.18 Å². The standard InChI is InChI=1S/C26H31F3N2O2S/c1-17-5-9-21(23(13-17)26(27,28)29)18-6-10-24-22(14-18)19(15-25(2,3)4)16-31(24)12-11-30-34(32,33)20-7-8-20/h5-6,9-10,13-14,16,20,30H,7-8,11-12,15H2,1-4H3. The maximum Gasteiger partial charge on any atom is 0.417 e. The van der Waals surface area contributed by atoms with Crippen molar-refractivity contribution in [3.05, 3.63) is 59.3 Å². The van der Waals surface area contributed by atoms with Crippen molar-refractivity contribution < 1.29 is 21.6 Å². The first-order valence-electron chi connectivity index (χ1n) is 11.5. The van der Waals surface area contributed by atoms with E-state index in [1.54, 1.807) is 19.1 Å². The van der Waals surface area contributed by atoms with Crippen LogP contribution in [-0.4, -0.2) is 24.8 Å². The normalized spacial score (nSPS) is 15.3. The van der Waals surface area contributed by atoms with Crippen LogP contribution in [0, 0.1) is 12.3 Å². The summed E-state index contributed by atoms with van der Waals surface area (Å²) < 4.78 is 70.3. The number of alkyl halides is 3. The molecule has 0 amide bonds. The van der Waals surface area contributed by atoms with E-state index in [4.69, 9.17) is 0 Å². The summed E-state index contributed by atoms with van der Waals surface area (Å²) in [6.07, 6.45) is -0.285. The van der Waals surface area contributed by atoms with Crippen LogP contribution in [0.3, 0.4) is 0 Å². The summed E-state index contributed by atoms with van der Waals surface area (Å²) in [5.74, 6) is 0. The van der Waals surface area contributed by atoms with Gasteiger partial charge in [0.25, 0.3) is 0 Å². The third-order valence-electron chi connectivity index (χ3n) is 6.10. The molecule has 4 nitrogen and oxygen atoms in total. The van der Waals surface area contributed by atoms with Gasteiger partial charge in [-0.2, -0.15) is 13.2 Å². The molecule has 0 aliphatic heterocycles. The zero-order valence-corrected chi connectivity index (χ0v) is 20.8. The number of nitrogens with one attached hydrogen (secondary N) is 1. The van der Waals surface area contributed by atoms with Crippen molar-refractivity contribution in [2.75, 3.05) is 6.54 Å². The van der Waals surface area contributed by atoms with Crippen LogP contribution in [0.25, 0.3) is 22.0 Å². The molecule has 1 aliphatic carbocycles. The van der Waals surface area contributed by atoms with Crippen LogP contribution in [0.1, 0.15) is 50.3 Å². The molecule has 1 heterocycles. The minimum Gasteiger partial charge on any atom is -0.346 e. The summed E-state index contributed by atoms with van der Waals surface area (Å²) in [6.45, 7) is 8.73. The summed E-state index contributed by atoms with van der Waals surface area (Å²) in [5.41, 5.74) is 2.49. The number of aromatic nitrogens is 1. The van der Waals surface area contributed by atoms with E-state index in [0.29, 0.717) is 30.5 Å². The molecule has 0 saturated heterocycles. The van der Waals surface area contributed by atoms with Crippen molar-refractivity contribution >= 4 is 20.9 Å². The van der Waals surface area contributed by atoms with E-state index in [0.717, 1.165) is 22.9 Å². The maximum atomic E-state index is 13.8. The molecule has 1 N–H and O–H groups in total. The van der Waals surface area contributed by atoms with Gasteiger partial charge in [0, 0.05) is 30.2 Å². The summed E-state index contributed by atoms with van der Waals surface area (Å²) in [5, 5.41) is 0.622. The average molecular weight is 493 g/mol. The molecule has 184 valence electrons. The van der Waals surface area contributed by atoms with Gasteiger partial charge in [-0.15, -0.1) is 0 Å². The number of sulfonamides is 1. The Bertz CT molecular complexity index is 1310. The fraction of sp³-hybridized carbons (Fsp3) is 0.462. The highest BCUT2D eigenvalue weighted by atomic mass is 32.2. The van der Waals surface area contributed by atoms with Crippen molar-refractivity contribution in [1.29, 1.82) is 0 Å². The van der Waals surface area contributed by atoms with Crippen LogP contribution in [0.15, 0.2) is 42.6 Å². The van der Waals surface area contributed by atoms with Gasteiger partial charge in [0.2, 0.25) is 10.0 Å². The Morgan fingerprint density at radius 2 is 1.76 bits per heavy atom. The number of benzene rings is 2. The first-order valence-corrected chi connectivity index (χ1v) is 13.1. The molecule has 0 atom stereocenters. The molecule has 3 aromatic rings. The first-order chi connectivity index (χ1) is 15.7. The number of fused-ring (bicyclic) bond motifs is 1. The lowest BCUT2D eigenvalue weighted by Gasteiger charge is -2.17. The van der Waals surface area contributed by atoms with E-state index in [1.165, 1.54) is 12.1 Å². The van der Waals surface area contributed by atoms with Crippen molar-refractivity contribution in [3.8, 4) is 11.1 Å². The van der Waals surface area contributed by atoms with Crippen molar-refractivity contribution in [2.24, 2.45) is 5.41 Å². The second kappa shape index (κ2) is 8.72. The van der Waals surface area contributed by atoms with E-state index < -0.39 is 21.8 Å². The van der Waals surface area contributed by atoms with Crippen LogP contribution >= 0.6 is 0 Å². The van der Waals surface area contributed by atoms with Crippen LogP contribution < -0.4 is 4.72 Å². The van der Waals surface area contributed by atoms with E-state index >= 15 is 0 Å². The highest BCUT2D eigenvalue weighted by Gasteiger charge is 2.35. The van der Waals surface area contributed by atoms with Crippen molar-refractivity contribution in [2.45, 2.75) is 64.9 Å². The number of nitrogens with zero attached hydrogens (tertiary/aromatic N) is 1. The molecule has 2 aromatic carbocycles. The minimum absolute atomic E-state index is 0.0241. The Kier molecular flexibility index (Phi) is 6.36. The molecule has 0 unspecified atom stereocenters. The molecule has 0 bridgehead atoms. The molecular formula is C26H31F3N2O2S. The molecule has 1 aliphatic rings. The van der Waals surface area contributed by atoms with E-state index in [2.05, 4.69) is 25.5 Å². The Morgan fingerprint density at radius 3 is 2.38 bits per heavy atom. The summed E-state index contributed by atoms with van der Waals surface area (Å²) in [7, 11) is -3.27. The minimum atomic E-state index is -4.45. The van der Waals surface area contributed by atoms with Gasteiger partial charge in [0.15, 0.2) is 0 Å². The Morgan fingerprint density at radius 1 is 1.06 bits per heavy atom. The molecular weight excluding hydrogens is 461 g/mol. The topological polar surface area (TPSA) is 51.1 Å². The average Bonchev–Trinajstić information content (AvgIpc) is 3.52. The van der Waals surface area contributed by atoms with Gasteiger partial charge in [0.1, 0.15) is 0 Å². The number of rotatable bonds is 7. The van der Waals surface area contributed by atoms with Crippen molar-refractivity contribution in [3.63, 3.8) is 0 Å². The Labute approximate surface area is 199 Å². The van der Waals surface area contributed by atoms with Gasteiger partial charge in [-0.25, -0.2) is 13.1 Å². The maximum absolute atomic E-state index is 13.8. The largest absolute Gasteiger partial charge is 0.417 e. The lowest BCUT2D eigenvalue weighted by molar-refractivity contribution is -0.137. The predicted octanol–water partition coefficient (Wildman–Crippen LogP) is 6.31. The highest BCUT2D eigenvalue weighted by molar-refractivity contribution is 7.90. The molecule has 0 radical (unpaired) electrons. The van der Waals surface area contributed by atoms with E-state index in [9.17, 15) is 21.6 Å². The lowest BCUT2D eigenvalue weighted by atomic mass is 9.87. The van der Waals surface area contributed by atoms with Crippen LogP contribution in [0.2, 0.25) is 0 Å². The number of hydrogen-bond donors (Lipinski definition) is 1. The molecule has 4 rings (SSSR count). The summed E-state index contributed by atoms with van der Waals surface area (Å²) in [6, 6.07) is 9.81.